The van der Waals surface area contributed by atoms with Crippen molar-refractivity contribution < 1.29 is 33.4 Å². The lowest BCUT2D eigenvalue weighted by atomic mass is 9.92. The van der Waals surface area contributed by atoms with Crippen molar-refractivity contribution in [3.05, 3.63) is 11.3 Å². The molecule has 1 atom stereocenters. The van der Waals surface area contributed by atoms with Crippen molar-refractivity contribution in [2.45, 2.75) is 59.4 Å². The monoisotopic (exact) mass is 398 g/mol. The Morgan fingerprint density at radius 1 is 1.00 bits per heavy atom. The van der Waals surface area contributed by atoms with Gasteiger partial charge in [-0.15, -0.1) is 0 Å². The standard InChI is InChI=1S/C19H30N2O7/c1-5-9-10-13-12(16(22)26-6-2)11-14(21-19(25)20-13)15(17(23)27-7-3)18(24)28-8-4/h14-15H,5-11H2,1-4H3,(H2,20,21,25). The summed E-state index contributed by atoms with van der Waals surface area (Å²) in [5, 5.41) is 5.24. The highest BCUT2D eigenvalue weighted by atomic mass is 16.6. The molecule has 0 radical (unpaired) electrons. The first-order valence-electron chi connectivity index (χ1n) is 9.69. The van der Waals surface area contributed by atoms with Crippen molar-refractivity contribution in [3.63, 3.8) is 0 Å². The Hall–Kier alpha value is -2.58. The maximum atomic E-state index is 12.5. The summed E-state index contributed by atoms with van der Waals surface area (Å²) in [7, 11) is 0. The molecule has 0 aromatic heterocycles. The Bertz CT molecular complexity index is 597. The van der Waals surface area contributed by atoms with E-state index >= 15 is 0 Å². The van der Waals surface area contributed by atoms with Crippen LogP contribution in [0.25, 0.3) is 0 Å². The molecule has 2 amide bonds. The SMILES string of the molecule is CCCCC1=C(C(=O)OCC)CC(C(C(=O)OCC)C(=O)OCC)NC(=O)N1. The summed E-state index contributed by atoms with van der Waals surface area (Å²) in [6, 6.07) is -1.61. The minimum Gasteiger partial charge on any atom is -0.465 e. The smallest absolute Gasteiger partial charge is 0.335 e. The highest BCUT2D eigenvalue weighted by molar-refractivity contribution is 5.98. The second-order valence-electron chi connectivity index (χ2n) is 6.17. The highest BCUT2D eigenvalue weighted by Crippen LogP contribution is 2.24. The van der Waals surface area contributed by atoms with Crippen molar-refractivity contribution in [3.8, 4) is 0 Å². The molecule has 1 unspecified atom stereocenters. The normalized spacial score (nSPS) is 16.8. The van der Waals surface area contributed by atoms with Crippen molar-refractivity contribution >= 4 is 23.9 Å². The molecule has 158 valence electrons. The molecule has 1 aliphatic heterocycles. The van der Waals surface area contributed by atoms with E-state index in [2.05, 4.69) is 10.6 Å². The van der Waals surface area contributed by atoms with E-state index in [-0.39, 0.29) is 31.8 Å². The topological polar surface area (TPSA) is 120 Å². The number of rotatable bonds is 10. The predicted octanol–water partition coefficient (Wildman–Crippen LogP) is 1.81. The van der Waals surface area contributed by atoms with Gasteiger partial charge in [0.2, 0.25) is 0 Å². The van der Waals surface area contributed by atoms with Crippen LogP contribution in [0.4, 0.5) is 4.79 Å². The fourth-order valence-corrected chi connectivity index (χ4v) is 2.89. The second kappa shape index (κ2) is 12.0. The Balaban J connectivity index is 3.30. The molecule has 2 N–H and O–H groups in total. The predicted molar refractivity (Wildman–Crippen MR) is 100 cm³/mol. The van der Waals surface area contributed by atoms with Gasteiger partial charge in [-0.05, 0) is 33.6 Å². The van der Waals surface area contributed by atoms with E-state index in [0.717, 1.165) is 12.8 Å². The largest absolute Gasteiger partial charge is 0.465 e. The molecule has 1 aliphatic rings. The van der Waals surface area contributed by atoms with Crippen molar-refractivity contribution in [1.82, 2.24) is 10.6 Å². The maximum absolute atomic E-state index is 12.5. The van der Waals surface area contributed by atoms with Crippen LogP contribution in [0, 0.1) is 5.92 Å². The molecule has 28 heavy (non-hydrogen) atoms. The Morgan fingerprint density at radius 2 is 1.57 bits per heavy atom. The van der Waals surface area contributed by atoms with Gasteiger partial charge in [-0.1, -0.05) is 13.3 Å². The molecule has 1 heterocycles. The van der Waals surface area contributed by atoms with Crippen LogP contribution in [-0.4, -0.2) is 49.8 Å². The molecule has 9 heteroatoms. The zero-order valence-electron chi connectivity index (χ0n) is 17.0. The molecular weight excluding hydrogens is 368 g/mol. The van der Waals surface area contributed by atoms with Crippen LogP contribution < -0.4 is 10.6 Å². The van der Waals surface area contributed by atoms with E-state index in [9.17, 15) is 19.2 Å². The minimum absolute atomic E-state index is 0.0566. The number of hydrogen-bond acceptors (Lipinski definition) is 7. The van der Waals surface area contributed by atoms with Crippen LogP contribution in [0.15, 0.2) is 11.3 Å². The van der Waals surface area contributed by atoms with E-state index in [1.165, 1.54) is 0 Å². The molecule has 9 nitrogen and oxygen atoms in total. The fraction of sp³-hybridized carbons (Fsp3) is 0.684. The van der Waals surface area contributed by atoms with Gasteiger partial charge < -0.3 is 24.8 Å². The molecule has 0 aliphatic carbocycles. The number of hydrogen-bond donors (Lipinski definition) is 2. The third-order valence-electron chi connectivity index (χ3n) is 4.15. The van der Waals surface area contributed by atoms with E-state index < -0.39 is 35.9 Å². The molecule has 1 rings (SSSR count). The zero-order valence-corrected chi connectivity index (χ0v) is 17.0. The molecule has 0 saturated heterocycles. The average molecular weight is 398 g/mol. The van der Waals surface area contributed by atoms with Gasteiger partial charge in [-0.2, -0.15) is 0 Å². The number of carbonyl (C=O) groups is 4. The Kier molecular flexibility index (Phi) is 10.0. The highest BCUT2D eigenvalue weighted by Gasteiger charge is 2.41. The molecule has 0 aromatic carbocycles. The van der Waals surface area contributed by atoms with E-state index in [0.29, 0.717) is 12.1 Å². The number of nitrogens with one attached hydrogen (secondary N) is 2. The summed E-state index contributed by atoms with van der Waals surface area (Å²) < 4.78 is 15.1. The third kappa shape index (κ3) is 6.54. The molecular formula is C19H30N2O7. The lowest BCUT2D eigenvalue weighted by Crippen LogP contribution is -2.49. The molecule has 0 saturated carbocycles. The van der Waals surface area contributed by atoms with Gasteiger partial charge in [-0.25, -0.2) is 9.59 Å². The Labute approximate surface area is 165 Å². The van der Waals surface area contributed by atoms with Crippen LogP contribution in [0.2, 0.25) is 0 Å². The number of esters is 3. The van der Waals surface area contributed by atoms with Crippen LogP contribution in [-0.2, 0) is 28.6 Å². The summed E-state index contributed by atoms with van der Waals surface area (Å²) in [6.45, 7) is 7.18. The quantitative estimate of drug-likeness (QED) is 0.327. The van der Waals surface area contributed by atoms with Gasteiger partial charge in [0.1, 0.15) is 0 Å². The van der Waals surface area contributed by atoms with E-state index in [4.69, 9.17) is 14.2 Å². The van der Waals surface area contributed by atoms with E-state index in [1.54, 1.807) is 20.8 Å². The summed E-state index contributed by atoms with van der Waals surface area (Å²) in [5.41, 5.74) is 0.670. The molecule has 0 aromatic rings. The fourth-order valence-electron chi connectivity index (χ4n) is 2.89. The van der Waals surface area contributed by atoms with Gasteiger partial charge in [0.05, 0.1) is 31.4 Å². The summed E-state index contributed by atoms with van der Waals surface area (Å²) in [5.74, 6) is -3.60. The van der Waals surface area contributed by atoms with Crippen LogP contribution in [0.1, 0.15) is 53.4 Å². The number of ether oxygens (including phenoxy) is 3. The van der Waals surface area contributed by atoms with Crippen LogP contribution in [0.3, 0.4) is 0 Å². The van der Waals surface area contributed by atoms with Gasteiger partial charge in [0.15, 0.2) is 5.92 Å². The first kappa shape index (κ1) is 23.5. The number of allylic oxidation sites excluding steroid dienone is 1. The van der Waals surface area contributed by atoms with Gasteiger partial charge in [0.25, 0.3) is 0 Å². The summed E-state index contributed by atoms with van der Waals surface area (Å²) in [6.07, 6.45) is 2.02. The lowest BCUT2D eigenvalue weighted by Gasteiger charge is -2.23. The first-order chi connectivity index (χ1) is 13.4. The van der Waals surface area contributed by atoms with Crippen molar-refractivity contribution in [2.75, 3.05) is 19.8 Å². The number of urea groups is 1. The van der Waals surface area contributed by atoms with Crippen LogP contribution >= 0.6 is 0 Å². The zero-order chi connectivity index (χ0) is 21.1. The summed E-state index contributed by atoms with van der Waals surface area (Å²) in [4.78, 5) is 49.7. The van der Waals surface area contributed by atoms with E-state index in [1.807, 2.05) is 6.92 Å². The first-order valence-corrected chi connectivity index (χ1v) is 9.69. The number of carbonyl (C=O) groups excluding carboxylic acids is 4. The third-order valence-corrected chi connectivity index (χ3v) is 4.15. The minimum atomic E-state index is -1.39. The Morgan fingerprint density at radius 3 is 2.07 bits per heavy atom. The average Bonchev–Trinajstić information content (AvgIpc) is 2.79. The molecule has 0 bridgehead atoms. The second-order valence-corrected chi connectivity index (χ2v) is 6.17. The van der Waals surface area contributed by atoms with Gasteiger partial charge >= 0.3 is 23.9 Å². The number of amides is 2. The lowest BCUT2D eigenvalue weighted by molar-refractivity contribution is -0.163. The van der Waals surface area contributed by atoms with Gasteiger partial charge in [-0.3, -0.25) is 9.59 Å². The molecule has 0 fully saturated rings. The van der Waals surface area contributed by atoms with Crippen molar-refractivity contribution in [2.24, 2.45) is 5.92 Å². The van der Waals surface area contributed by atoms with Crippen LogP contribution in [0.5, 0.6) is 0 Å². The van der Waals surface area contributed by atoms with Gasteiger partial charge in [0, 0.05) is 12.1 Å². The molecule has 0 spiro atoms. The van der Waals surface area contributed by atoms with Crippen molar-refractivity contribution in [1.29, 1.82) is 0 Å². The number of unbranched alkanes of at least 4 members (excludes halogenated alkanes) is 1. The summed E-state index contributed by atoms with van der Waals surface area (Å²) >= 11 is 0. The maximum Gasteiger partial charge on any atom is 0.335 e.